The lowest BCUT2D eigenvalue weighted by Crippen LogP contribution is -2.16. The van der Waals surface area contributed by atoms with Crippen LogP contribution in [0.5, 0.6) is 0 Å². The summed E-state index contributed by atoms with van der Waals surface area (Å²) >= 11 is 0. The quantitative estimate of drug-likeness (QED) is 0.714. The molecule has 2 nitrogen and oxygen atoms in total. The summed E-state index contributed by atoms with van der Waals surface area (Å²) in [5, 5.41) is 2.03. The average molecular weight is 233 g/mol. The Bertz CT molecular complexity index is 325. The molecule has 2 rings (SSSR count). The fraction of sp³-hybridized carbons (Fsp3) is 0.600. The van der Waals surface area contributed by atoms with E-state index in [1.165, 1.54) is 31.2 Å². The molecule has 0 N–H and O–H groups in total. The summed E-state index contributed by atoms with van der Waals surface area (Å²) in [5.41, 5.74) is 1.37. The van der Waals surface area contributed by atoms with Gasteiger partial charge in [0.05, 0.1) is 12.1 Å². The second-order valence-electron chi connectivity index (χ2n) is 4.93. The summed E-state index contributed by atoms with van der Waals surface area (Å²) in [6.45, 7) is 2.24. The number of hydroxylamine groups is 2. The predicted octanol–water partition coefficient (Wildman–Crippen LogP) is 3.94. The largest absolute Gasteiger partial charge is 0.295 e. The van der Waals surface area contributed by atoms with Crippen LogP contribution in [0.25, 0.3) is 0 Å². The van der Waals surface area contributed by atoms with Gasteiger partial charge in [-0.05, 0) is 18.4 Å². The lowest BCUT2D eigenvalue weighted by atomic mass is 9.99. The van der Waals surface area contributed by atoms with Crippen molar-refractivity contribution in [3.8, 4) is 0 Å². The molecule has 0 aromatic heterocycles. The summed E-state index contributed by atoms with van der Waals surface area (Å²) in [5.74, 6) is 0. The van der Waals surface area contributed by atoms with Gasteiger partial charge < -0.3 is 0 Å². The van der Waals surface area contributed by atoms with Gasteiger partial charge in [-0.25, -0.2) is 0 Å². The Morgan fingerprint density at radius 1 is 1.24 bits per heavy atom. The van der Waals surface area contributed by atoms with Crippen molar-refractivity contribution in [1.29, 1.82) is 0 Å². The molecule has 0 spiro atoms. The maximum atomic E-state index is 5.91. The van der Waals surface area contributed by atoms with Gasteiger partial charge in [0.1, 0.15) is 0 Å². The van der Waals surface area contributed by atoms with Crippen LogP contribution in [0.1, 0.15) is 50.6 Å². The number of hydrogen-bond donors (Lipinski definition) is 0. The molecule has 17 heavy (non-hydrogen) atoms. The Labute approximate surface area is 105 Å². The fourth-order valence-corrected chi connectivity index (χ4v) is 2.56. The van der Waals surface area contributed by atoms with Gasteiger partial charge >= 0.3 is 0 Å². The first-order valence-electron chi connectivity index (χ1n) is 6.75. The zero-order valence-corrected chi connectivity index (χ0v) is 10.9. The van der Waals surface area contributed by atoms with E-state index in [1.54, 1.807) is 0 Å². The molecule has 1 aliphatic heterocycles. The van der Waals surface area contributed by atoms with Crippen molar-refractivity contribution < 1.29 is 4.84 Å². The van der Waals surface area contributed by atoms with Crippen LogP contribution in [0.4, 0.5) is 0 Å². The third kappa shape index (κ3) is 3.30. The molecule has 1 aromatic rings. The highest BCUT2D eigenvalue weighted by atomic mass is 16.7. The van der Waals surface area contributed by atoms with E-state index in [0.29, 0.717) is 12.1 Å². The number of hydrogen-bond acceptors (Lipinski definition) is 2. The first kappa shape index (κ1) is 12.6. The lowest BCUT2D eigenvalue weighted by Gasteiger charge is -2.17. The maximum Gasteiger partial charge on any atom is 0.0812 e. The molecule has 1 aromatic carbocycles. The SMILES string of the molecule is CCCCC[C@H]1C[C@H](c2ccccc2)N(C)O1. The Balaban J connectivity index is 1.89. The highest BCUT2D eigenvalue weighted by molar-refractivity contribution is 5.19. The van der Waals surface area contributed by atoms with Crippen LogP contribution < -0.4 is 0 Å². The van der Waals surface area contributed by atoms with E-state index in [-0.39, 0.29) is 0 Å². The summed E-state index contributed by atoms with van der Waals surface area (Å²) in [6.07, 6.45) is 6.63. The van der Waals surface area contributed by atoms with E-state index < -0.39 is 0 Å². The normalized spacial score (nSPS) is 25.3. The molecule has 1 fully saturated rings. The second kappa shape index (κ2) is 6.18. The molecule has 2 atom stereocenters. The maximum absolute atomic E-state index is 5.91. The minimum atomic E-state index is 0.414. The van der Waals surface area contributed by atoms with Crippen molar-refractivity contribution in [3.05, 3.63) is 35.9 Å². The standard InChI is InChI=1S/C15H23NO/c1-3-4-6-11-14-12-15(16(2)17-14)13-9-7-5-8-10-13/h5,7-10,14-15H,3-4,6,11-12H2,1-2H3/t14-,15+/m0/s1. The summed E-state index contributed by atoms with van der Waals surface area (Å²) in [4.78, 5) is 5.91. The Hall–Kier alpha value is -0.860. The van der Waals surface area contributed by atoms with Crippen LogP contribution in [0.15, 0.2) is 30.3 Å². The summed E-state index contributed by atoms with van der Waals surface area (Å²) in [7, 11) is 2.05. The van der Waals surface area contributed by atoms with Gasteiger partial charge in [0.15, 0.2) is 0 Å². The third-order valence-electron chi connectivity index (χ3n) is 3.55. The monoisotopic (exact) mass is 233 g/mol. The highest BCUT2D eigenvalue weighted by Gasteiger charge is 2.31. The Morgan fingerprint density at radius 3 is 2.71 bits per heavy atom. The van der Waals surface area contributed by atoms with Gasteiger partial charge in [-0.1, -0.05) is 56.5 Å². The van der Waals surface area contributed by atoms with E-state index in [0.717, 1.165) is 6.42 Å². The van der Waals surface area contributed by atoms with Crippen LogP contribution in [0.3, 0.4) is 0 Å². The molecule has 94 valence electrons. The molecular weight excluding hydrogens is 210 g/mol. The van der Waals surface area contributed by atoms with Crippen molar-refractivity contribution in [1.82, 2.24) is 5.06 Å². The van der Waals surface area contributed by atoms with Crippen LogP contribution >= 0.6 is 0 Å². The number of unbranched alkanes of at least 4 members (excludes halogenated alkanes) is 2. The first-order chi connectivity index (χ1) is 8.31. The molecule has 0 amide bonds. The topological polar surface area (TPSA) is 12.5 Å². The predicted molar refractivity (Wildman–Crippen MR) is 70.6 cm³/mol. The van der Waals surface area contributed by atoms with Crippen LogP contribution in [-0.2, 0) is 4.84 Å². The molecule has 1 aliphatic rings. The fourth-order valence-electron chi connectivity index (χ4n) is 2.56. The molecule has 2 heteroatoms. The van der Waals surface area contributed by atoms with Gasteiger partial charge in [-0.15, -0.1) is 0 Å². The van der Waals surface area contributed by atoms with E-state index in [9.17, 15) is 0 Å². The molecule has 1 saturated heterocycles. The Morgan fingerprint density at radius 2 is 2.00 bits per heavy atom. The number of rotatable bonds is 5. The zero-order valence-electron chi connectivity index (χ0n) is 10.9. The average Bonchev–Trinajstić information content (AvgIpc) is 2.72. The van der Waals surface area contributed by atoms with Gasteiger partial charge in [-0.3, -0.25) is 4.84 Å². The van der Waals surface area contributed by atoms with Crippen LogP contribution in [0.2, 0.25) is 0 Å². The van der Waals surface area contributed by atoms with Crippen molar-refractivity contribution in [2.24, 2.45) is 0 Å². The zero-order chi connectivity index (χ0) is 12.1. The van der Waals surface area contributed by atoms with Crippen LogP contribution in [-0.4, -0.2) is 18.2 Å². The molecule has 0 bridgehead atoms. The summed E-state index contributed by atoms with van der Waals surface area (Å²) < 4.78 is 0. The second-order valence-corrected chi connectivity index (χ2v) is 4.93. The number of nitrogens with zero attached hydrogens (tertiary/aromatic N) is 1. The van der Waals surface area contributed by atoms with Crippen molar-refractivity contribution >= 4 is 0 Å². The van der Waals surface area contributed by atoms with E-state index in [2.05, 4.69) is 44.3 Å². The van der Waals surface area contributed by atoms with E-state index >= 15 is 0 Å². The molecule has 0 radical (unpaired) electrons. The van der Waals surface area contributed by atoms with Gasteiger partial charge in [0, 0.05) is 7.05 Å². The van der Waals surface area contributed by atoms with Crippen molar-refractivity contribution in [2.45, 2.75) is 51.2 Å². The smallest absolute Gasteiger partial charge is 0.0812 e. The number of benzene rings is 1. The van der Waals surface area contributed by atoms with Gasteiger partial charge in [0.25, 0.3) is 0 Å². The van der Waals surface area contributed by atoms with Gasteiger partial charge in [0.2, 0.25) is 0 Å². The van der Waals surface area contributed by atoms with E-state index in [4.69, 9.17) is 4.84 Å². The Kier molecular flexibility index (Phi) is 4.57. The van der Waals surface area contributed by atoms with Crippen molar-refractivity contribution in [3.63, 3.8) is 0 Å². The molecule has 1 heterocycles. The van der Waals surface area contributed by atoms with Gasteiger partial charge in [-0.2, -0.15) is 5.06 Å². The first-order valence-corrected chi connectivity index (χ1v) is 6.75. The lowest BCUT2D eigenvalue weighted by molar-refractivity contribution is -0.145. The molecule has 0 unspecified atom stereocenters. The van der Waals surface area contributed by atoms with Crippen LogP contribution in [0, 0.1) is 0 Å². The minimum absolute atomic E-state index is 0.414. The minimum Gasteiger partial charge on any atom is -0.295 e. The highest BCUT2D eigenvalue weighted by Crippen LogP contribution is 2.34. The van der Waals surface area contributed by atoms with Crippen molar-refractivity contribution in [2.75, 3.05) is 7.05 Å². The molecule has 0 saturated carbocycles. The third-order valence-corrected chi connectivity index (χ3v) is 3.55. The molecular formula is C15H23NO. The molecule has 0 aliphatic carbocycles. The summed E-state index contributed by atoms with van der Waals surface area (Å²) in [6, 6.07) is 11.1. The van der Waals surface area contributed by atoms with E-state index in [1.807, 2.05) is 5.06 Å².